The van der Waals surface area contributed by atoms with E-state index in [4.69, 9.17) is 9.47 Å². The van der Waals surface area contributed by atoms with Gasteiger partial charge in [-0.3, -0.25) is 4.79 Å². The van der Waals surface area contributed by atoms with Crippen LogP contribution in [0.1, 0.15) is 27.7 Å². The zero-order valence-corrected chi connectivity index (χ0v) is 10.3. The molecule has 0 aliphatic rings. The van der Waals surface area contributed by atoms with Crippen LogP contribution in [0.5, 0.6) is 0 Å². The molecule has 0 spiro atoms. The van der Waals surface area contributed by atoms with Gasteiger partial charge in [0.15, 0.2) is 0 Å². The van der Waals surface area contributed by atoms with Crippen LogP contribution in [0.3, 0.4) is 0 Å². The lowest BCUT2D eigenvalue weighted by Gasteiger charge is -2.08. The number of quaternary nitrogens is 1. The SMILES string of the molecule is CC(C)OCC[NH2+]CCOC(=O)C(C)C. The van der Waals surface area contributed by atoms with Gasteiger partial charge in [-0.2, -0.15) is 0 Å². The van der Waals surface area contributed by atoms with E-state index >= 15 is 0 Å². The number of carbonyl (C=O) groups excluding carboxylic acids is 1. The summed E-state index contributed by atoms with van der Waals surface area (Å²) in [5.74, 6) is -0.156. The van der Waals surface area contributed by atoms with Gasteiger partial charge in [0.25, 0.3) is 0 Å². The third-order valence-electron chi connectivity index (χ3n) is 1.81. The minimum atomic E-state index is -0.123. The fourth-order valence-corrected chi connectivity index (χ4v) is 0.941. The molecule has 4 heteroatoms. The van der Waals surface area contributed by atoms with Gasteiger partial charge in [-0.1, -0.05) is 13.8 Å². The number of rotatable bonds is 8. The molecule has 15 heavy (non-hydrogen) atoms. The minimum absolute atomic E-state index is 0.0331. The lowest BCUT2D eigenvalue weighted by Crippen LogP contribution is -2.86. The predicted molar refractivity (Wildman–Crippen MR) is 58.5 cm³/mol. The van der Waals surface area contributed by atoms with E-state index in [1.165, 1.54) is 0 Å². The van der Waals surface area contributed by atoms with Gasteiger partial charge in [-0.15, -0.1) is 0 Å². The van der Waals surface area contributed by atoms with Crippen LogP contribution in [-0.2, 0) is 14.3 Å². The van der Waals surface area contributed by atoms with E-state index in [1.807, 2.05) is 27.7 Å². The smallest absolute Gasteiger partial charge is 0.308 e. The summed E-state index contributed by atoms with van der Waals surface area (Å²) in [5, 5.41) is 2.09. The van der Waals surface area contributed by atoms with Crippen LogP contribution in [0.4, 0.5) is 0 Å². The Balaban J connectivity index is 3.15. The Morgan fingerprint density at radius 3 is 2.27 bits per heavy atom. The van der Waals surface area contributed by atoms with Crippen molar-refractivity contribution in [2.24, 2.45) is 5.92 Å². The van der Waals surface area contributed by atoms with Crippen LogP contribution in [0.15, 0.2) is 0 Å². The van der Waals surface area contributed by atoms with E-state index in [0.717, 1.165) is 19.7 Å². The van der Waals surface area contributed by atoms with Gasteiger partial charge in [-0.25, -0.2) is 0 Å². The fraction of sp³-hybridized carbons (Fsp3) is 0.909. The van der Waals surface area contributed by atoms with Crippen LogP contribution in [0, 0.1) is 5.92 Å². The van der Waals surface area contributed by atoms with Crippen molar-refractivity contribution in [2.45, 2.75) is 33.8 Å². The van der Waals surface area contributed by atoms with E-state index in [2.05, 4.69) is 5.32 Å². The molecule has 0 aromatic carbocycles. The van der Waals surface area contributed by atoms with Gasteiger partial charge in [0, 0.05) is 0 Å². The lowest BCUT2D eigenvalue weighted by atomic mass is 10.2. The normalized spacial score (nSPS) is 11.1. The van der Waals surface area contributed by atoms with Crippen LogP contribution in [-0.4, -0.2) is 38.4 Å². The van der Waals surface area contributed by atoms with Gasteiger partial charge >= 0.3 is 5.97 Å². The van der Waals surface area contributed by atoms with Crippen molar-refractivity contribution < 1.29 is 19.6 Å². The van der Waals surface area contributed by atoms with Crippen LogP contribution in [0.25, 0.3) is 0 Å². The van der Waals surface area contributed by atoms with E-state index in [1.54, 1.807) is 0 Å². The molecule has 0 unspecified atom stereocenters. The summed E-state index contributed by atoms with van der Waals surface area (Å²) >= 11 is 0. The van der Waals surface area contributed by atoms with E-state index in [9.17, 15) is 4.79 Å². The highest BCUT2D eigenvalue weighted by molar-refractivity contribution is 5.71. The molecule has 0 heterocycles. The van der Waals surface area contributed by atoms with Crippen LogP contribution < -0.4 is 5.32 Å². The van der Waals surface area contributed by atoms with Crippen LogP contribution in [0.2, 0.25) is 0 Å². The Bertz CT molecular complexity index is 169. The highest BCUT2D eigenvalue weighted by atomic mass is 16.5. The van der Waals surface area contributed by atoms with Crippen molar-refractivity contribution in [3.63, 3.8) is 0 Å². The highest BCUT2D eigenvalue weighted by Gasteiger charge is 2.07. The topological polar surface area (TPSA) is 52.1 Å². The molecule has 2 N–H and O–H groups in total. The minimum Gasteiger partial charge on any atom is -0.459 e. The Morgan fingerprint density at radius 1 is 1.13 bits per heavy atom. The van der Waals surface area contributed by atoms with Gasteiger partial charge in [0.05, 0.1) is 25.2 Å². The number of hydrogen-bond donors (Lipinski definition) is 1. The maximum atomic E-state index is 11.1. The first-order chi connectivity index (χ1) is 7.04. The molecule has 0 saturated heterocycles. The summed E-state index contributed by atoms with van der Waals surface area (Å²) in [4.78, 5) is 11.1. The second-order valence-electron chi connectivity index (χ2n) is 4.11. The van der Waals surface area contributed by atoms with Gasteiger partial charge in [-0.05, 0) is 13.8 Å². The monoisotopic (exact) mass is 218 g/mol. The molecule has 0 aromatic heterocycles. The molecule has 0 aliphatic carbocycles. The van der Waals surface area contributed by atoms with Crippen LogP contribution >= 0.6 is 0 Å². The molecule has 0 atom stereocenters. The third-order valence-corrected chi connectivity index (χ3v) is 1.81. The van der Waals surface area contributed by atoms with Gasteiger partial charge in [0.1, 0.15) is 13.2 Å². The second-order valence-corrected chi connectivity index (χ2v) is 4.11. The Kier molecular flexibility index (Phi) is 8.33. The molecular weight excluding hydrogens is 194 g/mol. The zero-order valence-electron chi connectivity index (χ0n) is 10.3. The second kappa shape index (κ2) is 8.68. The molecule has 4 nitrogen and oxygen atoms in total. The average Bonchev–Trinajstić information content (AvgIpc) is 2.15. The molecule has 90 valence electrons. The van der Waals surface area contributed by atoms with E-state index in [-0.39, 0.29) is 18.0 Å². The lowest BCUT2D eigenvalue weighted by molar-refractivity contribution is -0.657. The summed E-state index contributed by atoms with van der Waals surface area (Å²) in [6.07, 6.45) is 0.289. The summed E-state index contributed by atoms with van der Waals surface area (Å²) in [6.45, 7) is 10.7. The first kappa shape index (κ1) is 14.4. The molecule has 0 aliphatic heterocycles. The Labute approximate surface area is 92.3 Å². The molecular formula is C11H24NO3+. The molecule has 0 aromatic rings. The molecule has 0 fully saturated rings. The van der Waals surface area contributed by atoms with Crippen molar-refractivity contribution in [1.29, 1.82) is 0 Å². The number of hydrogen-bond acceptors (Lipinski definition) is 3. The molecule has 0 bridgehead atoms. The summed E-state index contributed by atoms with van der Waals surface area (Å²) in [6, 6.07) is 0. The van der Waals surface area contributed by atoms with E-state index < -0.39 is 0 Å². The average molecular weight is 218 g/mol. The summed E-state index contributed by atoms with van der Waals surface area (Å²) in [7, 11) is 0. The predicted octanol–water partition coefficient (Wildman–Crippen LogP) is 0.174. The fourth-order valence-electron chi connectivity index (χ4n) is 0.941. The maximum absolute atomic E-state index is 11.1. The molecule has 0 rings (SSSR count). The quantitative estimate of drug-likeness (QED) is 0.467. The van der Waals surface area contributed by atoms with Crippen molar-refractivity contribution in [3.8, 4) is 0 Å². The standard InChI is InChI=1S/C11H23NO3/c1-9(2)11(13)15-8-6-12-5-7-14-10(3)4/h9-10,12H,5-8H2,1-4H3/p+1. The number of nitrogens with two attached hydrogens (primary N) is 1. The van der Waals surface area contributed by atoms with Crippen molar-refractivity contribution in [1.82, 2.24) is 0 Å². The first-order valence-corrected chi connectivity index (χ1v) is 5.64. The largest absolute Gasteiger partial charge is 0.459 e. The van der Waals surface area contributed by atoms with Crippen molar-refractivity contribution >= 4 is 5.97 Å². The Hall–Kier alpha value is -0.610. The molecule has 0 saturated carbocycles. The summed E-state index contributed by atoms with van der Waals surface area (Å²) in [5.41, 5.74) is 0. The zero-order chi connectivity index (χ0) is 11.7. The van der Waals surface area contributed by atoms with Gasteiger partial charge in [0.2, 0.25) is 0 Å². The number of ether oxygens (including phenoxy) is 2. The van der Waals surface area contributed by atoms with Crippen molar-refractivity contribution in [2.75, 3.05) is 26.3 Å². The van der Waals surface area contributed by atoms with Gasteiger partial charge < -0.3 is 14.8 Å². The maximum Gasteiger partial charge on any atom is 0.308 e. The first-order valence-electron chi connectivity index (χ1n) is 5.64. The highest BCUT2D eigenvalue weighted by Crippen LogP contribution is 1.93. The summed E-state index contributed by atoms with van der Waals surface area (Å²) < 4.78 is 10.4. The van der Waals surface area contributed by atoms with Crippen molar-refractivity contribution in [3.05, 3.63) is 0 Å². The molecule has 0 amide bonds. The number of esters is 1. The number of carbonyl (C=O) groups is 1. The Morgan fingerprint density at radius 2 is 1.73 bits per heavy atom. The third kappa shape index (κ3) is 9.69. The molecule has 0 radical (unpaired) electrons. The van der Waals surface area contributed by atoms with E-state index in [0.29, 0.717) is 6.61 Å².